The van der Waals surface area contributed by atoms with Gasteiger partial charge < -0.3 is 9.84 Å². The van der Waals surface area contributed by atoms with Crippen molar-refractivity contribution in [2.45, 2.75) is 25.7 Å². The third kappa shape index (κ3) is 2.40. The molecule has 0 amide bonds. The van der Waals surface area contributed by atoms with Gasteiger partial charge in [0.05, 0.1) is 0 Å². The van der Waals surface area contributed by atoms with E-state index < -0.39 is 17.2 Å². The number of para-hydroxylation sites is 1. The first-order valence-corrected chi connectivity index (χ1v) is 5.75. The second kappa shape index (κ2) is 4.73. The van der Waals surface area contributed by atoms with Crippen LogP contribution < -0.4 is 4.74 Å². The van der Waals surface area contributed by atoms with Crippen molar-refractivity contribution in [2.24, 2.45) is 5.41 Å². The predicted octanol–water partition coefficient (Wildman–Crippen LogP) is 2.85. The molecule has 0 unspecified atom stereocenters. The minimum Gasteiger partial charge on any atom is -0.489 e. The maximum atomic E-state index is 13.3. The van der Waals surface area contributed by atoms with Gasteiger partial charge in [0.2, 0.25) is 0 Å². The maximum Gasteiger partial charge on any atom is 0.313 e. The van der Waals surface area contributed by atoms with Crippen molar-refractivity contribution in [2.75, 3.05) is 6.61 Å². The molecule has 0 heterocycles. The molecular weight excluding hydrogens is 223 g/mol. The van der Waals surface area contributed by atoms with E-state index in [9.17, 15) is 14.3 Å². The van der Waals surface area contributed by atoms with Crippen molar-refractivity contribution in [1.29, 1.82) is 0 Å². The molecule has 3 nitrogen and oxygen atoms in total. The molecule has 0 atom stereocenters. The van der Waals surface area contributed by atoms with Gasteiger partial charge in [0.25, 0.3) is 0 Å². The first kappa shape index (κ1) is 11.9. The molecule has 4 heteroatoms. The fourth-order valence-corrected chi connectivity index (χ4v) is 2.25. The van der Waals surface area contributed by atoms with Crippen molar-refractivity contribution < 1.29 is 19.0 Å². The van der Waals surface area contributed by atoms with Gasteiger partial charge in [0.15, 0.2) is 11.6 Å². The minimum atomic E-state index is -0.841. The summed E-state index contributed by atoms with van der Waals surface area (Å²) < 4.78 is 18.6. The van der Waals surface area contributed by atoms with Gasteiger partial charge in [-0.25, -0.2) is 4.39 Å². The molecule has 0 radical (unpaired) electrons. The van der Waals surface area contributed by atoms with E-state index in [1.54, 1.807) is 12.1 Å². The summed E-state index contributed by atoms with van der Waals surface area (Å²) in [5.74, 6) is -1.17. The second-order valence-electron chi connectivity index (χ2n) is 4.51. The van der Waals surface area contributed by atoms with Crippen LogP contribution in [0.15, 0.2) is 24.3 Å². The zero-order chi connectivity index (χ0) is 12.3. The van der Waals surface area contributed by atoms with Crippen LogP contribution in [0.3, 0.4) is 0 Å². The summed E-state index contributed by atoms with van der Waals surface area (Å²) >= 11 is 0. The van der Waals surface area contributed by atoms with Crippen LogP contribution in [0.2, 0.25) is 0 Å². The van der Waals surface area contributed by atoms with Crippen LogP contribution in [0, 0.1) is 11.2 Å². The normalized spacial score (nSPS) is 17.9. The van der Waals surface area contributed by atoms with E-state index in [0.29, 0.717) is 12.8 Å². The van der Waals surface area contributed by atoms with Gasteiger partial charge in [0, 0.05) is 0 Å². The number of carboxylic acid groups (broad SMARTS) is 1. The first-order chi connectivity index (χ1) is 8.14. The fraction of sp³-hybridized carbons (Fsp3) is 0.462. The van der Waals surface area contributed by atoms with Gasteiger partial charge in [0.1, 0.15) is 12.0 Å². The van der Waals surface area contributed by atoms with Crippen LogP contribution in [0.4, 0.5) is 4.39 Å². The Balaban J connectivity index is 2.06. The highest BCUT2D eigenvalue weighted by molar-refractivity contribution is 5.75. The van der Waals surface area contributed by atoms with Crippen molar-refractivity contribution in [1.82, 2.24) is 0 Å². The van der Waals surface area contributed by atoms with E-state index >= 15 is 0 Å². The molecule has 1 aliphatic rings. The summed E-state index contributed by atoms with van der Waals surface area (Å²) in [5.41, 5.74) is -0.831. The third-order valence-corrected chi connectivity index (χ3v) is 3.35. The number of hydrogen-bond donors (Lipinski definition) is 1. The summed E-state index contributed by atoms with van der Waals surface area (Å²) in [4.78, 5) is 11.3. The summed E-state index contributed by atoms with van der Waals surface area (Å²) in [5, 5.41) is 9.24. The Morgan fingerprint density at radius 2 is 2.00 bits per heavy atom. The fourth-order valence-electron chi connectivity index (χ4n) is 2.25. The average Bonchev–Trinajstić information content (AvgIpc) is 2.78. The van der Waals surface area contributed by atoms with E-state index in [1.807, 2.05) is 0 Å². The van der Waals surface area contributed by atoms with Gasteiger partial charge in [-0.2, -0.15) is 0 Å². The van der Waals surface area contributed by atoms with Crippen molar-refractivity contribution in [3.8, 4) is 5.75 Å². The molecule has 1 N–H and O–H groups in total. The number of hydrogen-bond acceptors (Lipinski definition) is 2. The van der Waals surface area contributed by atoms with Gasteiger partial charge in [-0.3, -0.25) is 4.79 Å². The Kier molecular flexibility index (Phi) is 3.31. The topological polar surface area (TPSA) is 46.5 Å². The Morgan fingerprint density at radius 3 is 2.59 bits per heavy atom. The van der Waals surface area contributed by atoms with E-state index in [-0.39, 0.29) is 12.4 Å². The lowest BCUT2D eigenvalue weighted by Gasteiger charge is -2.23. The lowest BCUT2D eigenvalue weighted by molar-refractivity contribution is -0.150. The van der Waals surface area contributed by atoms with Crippen molar-refractivity contribution >= 4 is 5.97 Å². The molecule has 1 aliphatic carbocycles. The number of carbonyl (C=O) groups is 1. The van der Waals surface area contributed by atoms with Gasteiger partial charge in [-0.1, -0.05) is 25.0 Å². The van der Waals surface area contributed by atoms with Crippen molar-refractivity contribution in [3.05, 3.63) is 30.1 Å². The molecule has 0 aromatic heterocycles. The number of carboxylic acids is 1. The Hall–Kier alpha value is -1.58. The van der Waals surface area contributed by atoms with E-state index in [2.05, 4.69) is 0 Å². The smallest absolute Gasteiger partial charge is 0.313 e. The number of rotatable bonds is 4. The molecule has 1 aromatic carbocycles. The average molecular weight is 238 g/mol. The molecular formula is C13H15FO3. The zero-order valence-electron chi connectivity index (χ0n) is 9.49. The van der Waals surface area contributed by atoms with Crippen LogP contribution in [0.5, 0.6) is 5.75 Å². The van der Waals surface area contributed by atoms with Crippen LogP contribution in [0.1, 0.15) is 25.7 Å². The van der Waals surface area contributed by atoms with E-state index in [1.165, 1.54) is 12.1 Å². The highest BCUT2D eigenvalue weighted by atomic mass is 19.1. The van der Waals surface area contributed by atoms with Crippen LogP contribution in [-0.2, 0) is 4.79 Å². The Morgan fingerprint density at radius 1 is 1.35 bits per heavy atom. The van der Waals surface area contributed by atoms with Gasteiger partial charge in [-0.15, -0.1) is 0 Å². The Bertz CT molecular complexity index is 411. The minimum absolute atomic E-state index is 0.0449. The highest BCUT2D eigenvalue weighted by Crippen LogP contribution is 2.39. The standard InChI is InChI=1S/C13H15FO3/c14-10-5-1-2-6-11(10)17-9-13(12(15)16)7-3-4-8-13/h1-2,5-6H,3-4,7-9H2,(H,15,16). The molecule has 17 heavy (non-hydrogen) atoms. The molecule has 92 valence electrons. The Labute approximate surface area is 99.2 Å². The second-order valence-corrected chi connectivity index (χ2v) is 4.51. The lowest BCUT2D eigenvalue weighted by atomic mass is 9.87. The number of aliphatic carboxylic acids is 1. The summed E-state index contributed by atoms with van der Waals surface area (Å²) in [6, 6.07) is 6.06. The molecule has 0 spiro atoms. The van der Waals surface area contributed by atoms with Crippen LogP contribution >= 0.6 is 0 Å². The van der Waals surface area contributed by atoms with Crippen molar-refractivity contribution in [3.63, 3.8) is 0 Å². The van der Waals surface area contributed by atoms with Gasteiger partial charge in [-0.05, 0) is 25.0 Å². The van der Waals surface area contributed by atoms with E-state index in [4.69, 9.17) is 4.74 Å². The summed E-state index contributed by atoms with van der Waals surface area (Å²) in [6.45, 7) is 0.0449. The number of ether oxygens (including phenoxy) is 1. The predicted molar refractivity (Wildman–Crippen MR) is 60.4 cm³/mol. The summed E-state index contributed by atoms with van der Waals surface area (Å²) in [6.07, 6.45) is 3.01. The molecule has 1 aromatic rings. The molecule has 0 saturated heterocycles. The monoisotopic (exact) mass is 238 g/mol. The number of benzene rings is 1. The first-order valence-electron chi connectivity index (χ1n) is 5.75. The SMILES string of the molecule is O=C(O)C1(COc2ccccc2F)CCCC1. The lowest BCUT2D eigenvalue weighted by Crippen LogP contribution is -2.34. The molecule has 0 bridgehead atoms. The van der Waals surface area contributed by atoms with E-state index in [0.717, 1.165) is 12.8 Å². The number of halogens is 1. The van der Waals surface area contributed by atoms with Crippen LogP contribution in [0.25, 0.3) is 0 Å². The maximum absolute atomic E-state index is 13.3. The molecule has 0 aliphatic heterocycles. The third-order valence-electron chi connectivity index (χ3n) is 3.35. The quantitative estimate of drug-likeness (QED) is 0.877. The molecule has 2 rings (SSSR count). The molecule has 1 saturated carbocycles. The van der Waals surface area contributed by atoms with Gasteiger partial charge >= 0.3 is 5.97 Å². The molecule has 1 fully saturated rings. The van der Waals surface area contributed by atoms with Crippen LogP contribution in [-0.4, -0.2) is 17.7 Å². The largest absolute Gasteiger partial charge is 0.489 e. The zero-order valence-corrected chi connectivity index (χ0v) is 9.49. The summed E-state index contributed by atoms with van der Waals surface area (Å²) in [7, 11) is 0. The highest BCUT2D eigenvalue weighted by Gasteiger charge is 2.42.